The molecule has 0 saturated carbocycles. The molecule has 62 heavy (non-hydrogen) atoms. The summed E-state index contributed by atoms with van der Waals surface area (Å²) in [7, 11) is 0. The second-order valence-corrected chi connectivity index (χ2v) is 15.7. The molecule has 0 aliphatic carbocycles. The summed E-state index contributed by atoms with van der Waals surface area (Å²) in [6.07, 6.45) is 3.65. The van der Waals surface area contributed by atoms with Crippen molar-refractivity contribution in [2.45, 2.75) is 0 Å². The van der Waals surface area contributed by atoms with Gasteiger partial charge in [-0.1, -0.05) is 146 Å². The van der Waals surface area contributed by atoms with E-state index in [-0.39, 0.29) is 0 Å². The third-order valence-electron chi connectivity index (χ3n) is 12.2. The minimum Gasteiger partial charge on any atom is -0.255 e. The van der Waals surface area contributed by atoms with Crippen molar-refractivity contribution in [3.63, 3.8) is 0 Å². The lowest BCUT2D eigenvalue weighted by molar-refractivity contribution is 1.25. The van der Waals surface area contributed by atoms with E-state index >= 15 is 0 Å². The molecule has 12 aromatic rings. The predicted octanol–water partition coefficient (Wildman–Crippen LogP) is 15.0. The molecule has 4 aromatic heterocycles. The Morgan fingerprint density at radius 1 is 0.242 bits per heavy atom. The Morgan fingerprint density at radius 3 is 1.27 bits per heavy atom. The lowest BCUT2D eigenvalue weighted by atomic mass is 9.81. The Kier molecular flexibility index (Phi) is 8.46. The molecule has 288 valence electrons. The second kappa shape index (κ2) is 14.7. The van der Waals surface area contributed by atoms with E-state index in [1.807, 2.05) is 60.9 Å². The van der Waals surface area contributed by atoms with E-state index < -0.39 is 0 Å². The van der Waals surface area contributed by atoms with Gasteiger partial charge >= 0.3 is 0 Å². The smallest absolute Gasteiger partial charge is 0.0893 e. The number of nitrogens with zero attached hydrogens (tertiary/aromatic N) is 4. The zero-order valence-electron chi connectivity index (χ0n) is 33.6. The zero-order chi connectivity index (χ0) is 41.0. The van der Waals surface area contributed by atoms with Crippen molar-refractivity contribution in [1.82, 2.24) is 19.9 Å². The van der Waals surface area contributed by atoms with Gasteiger partial charge in [0.25, 0.3) is 0 Å². The van der Waals surface area contributed by atoms with Crippen LogP contribution in [0, 0.1) is 0 Å². The van der Waals surface area contributed by atoms with Gasteiger partial charge in [-0.3, -0.25) is 9.97 Å². The molecule has 0 radical (unpaired) electrons. The molecular formula is C58H36N4. The van der Waals surface area contributed by atoms with Gasteiger partial charge < -0.3 is 0 Å². The Labute approximate surface area is 358 Å². The third kappa shape index (κ3) is 5.84. The quantitative estimate of drug-likeness (QED) is 0.124. The van der Waals surface area contributed by atoms with E-state index in [2.05, 4.69) is 163 Å². The first-order valence-electron chi connectivity index (χ1n) is 21.0. The molecule has 0 fully saturated rings. The molecule has 0 bridgehead atoms. The van der Waals surface area contributed by atoms with Crippen LogP contribution in [0.5, 0.6) is 0 Å². The number of aromatic nitrogens is 4. The molecule has 0 spiro atoms. The summed E-state index contributed by atoms with van der Waals surface area (Å²) in [5.41, 5.74) is 12.0. The minimum atomic E-state index is 0.823. The fourth-order valence-corrected chi connectivity index (χ4v) is 9.50. The van der Waals surface area contributed by atoms with Crippen molar-refractivity contribution in [2.24, 2.45) is 0 Å². The van der Waals surface area contributed by atoms with Crippen LogP contribution in [0.15, 0.2) is 219 Å². The van der Waals surface area contributed by atoms with Crippen LogP contribution in [0.2, 0.25) is 0 Å². The molecule has 0 unspecified atom stereocenters. The van der Waals surface area contributed by atoms with Crippen LogP contribution in [0.3, 0.4) is 0 Å². The highest BCUT2D eigenvalue weighted by molar-refractivity contribution is 6.29. The highest BCUT2D eigenvalue weighted by atomic mass is 14.8. The van der Waals surface area contributed by atoms with E-state index in [0.717, 1.165) is 72.4 Å². The van der Waals surface area contributed by atoms with Crippen LogP contribution in [0.1, 0.15) is 0 Å². The van der Waals surface area contributed by atoms with Crippen molar-refractivity contribution in [3.05, 3.63) is 219 Å². The van der Waals surface area contributed by atoms with Gasteiger partial charge in [0.05, 0.1) is 34.2 Å². The van der Waals surface area contributed by atoms with E-state index in [4.69, 9.17) is 15.0 Å². The summed E-state index contributed by atoms with van der Waals surface area (Å²) in [5.74, 6) is 0. The molecule has 0 atom stereocenters. The predicted molar refractivity (Wildman–Crippen MR) is 258 cm³/mol. The van der Waals surface area contributed by atoms with E-state index in [1.54, 1.807) is 0 Å². The molecule has 12 rings (SSSR count). The van der Waals surface area contributed by atoms with E-state index in [1.165, 1.54) is 49.0 Å². The summed E-state index contributed by atoms with van der Waals surface area (Å²) >= 11 is 0. The number of rotatable bonds is 6. The van der Waals surface area contributed by atoms with Crippen LogP contribution >= 0.6 is 0 Å². The fourth-order valence-electron chi connectivity index (χ4n) is 9.50. The maximum Gasteiger partial charge on any atom is 0.0893 e. The third-order valence-corrected chi connectivity index (χ3v) is 12.2. The summed E-state index contributed by atoms with van der Waals surface area (Å²) in [4.78, 5) is 20.1. The average Bonchev–Trinajstić information content (AvgIpc) is 3.35. The Morgan fingerprint density at radius 2 is 0.677 bits per heavy atom. The Balaban J connectivity index is 1.28. The first-order valence-corrected chi connectivity index (χ1v) is 21.0. The van der Waals surface area contributed by atoms with Gasteiger partial charge in [0.1, 0.15) is 0 Å². The van der Waals surface area contributed by atoms with Crippen molar-refractivity contribution in [1.29, 1.82) is 0 Å². The van der Waals surface area contributed by atoms with Crippen molar-refractivity contribution in [2.75, 3.05) is 0 Å². The monoisotopic (exact) mass is 788 g/mol. The molecule has 0 aliphatic heterocycles. The maximum atomic E-state index is 5.39. The molecule has 0 aliphatic rings. The number of hydrogen-bond donors (Lipinski definition) is 0. The number of fused-ring (bicyclic) bond motifs is 6. The van der Waals surface area contributed by atoms with Crippen molar-refractivity contribution in [3.8, 4) is 67.5 Å². The number of benzene rings is 8. The van der Waals surface area contributed by atoms with Crippen LogP contribution in [-0.2, 0) is 0 Å². The largest absolute Gasteiger partial charge is 0.255 e. The van der Waals surface area contributed by atoms with Gasteiger partial charge in [0, 0.05) is 23.5 Å². The van der Waals surface area contributed by atoms with Crippen LogP contribution in [0.4, 0.5) is 0 Å². The van der Waals surface area contributed by atoms with E-state index in [0.29, 0.717) is 0 Å². The SMILES string of the molecule is c1ccc(-c2c(-c3cccc4ccccc34)c3ccccc3c3cc4c(-c5cccc(-c6ccccn6)n5)c5ccccc5c(-c5cccc(-c6ccccn6)n5)c4cc23)cc1. The summed E-state index contributed by atoms with van der Waals surface area (Å²) in [6.45, 7) is 0. The Hall–Kier alpha value is -8.34. The Bertz CT molecular complexity index is 3670. The highest BCUT2D eigenvalue weighted by Crippen LogP contribution is 2.50. The number of hydrogen-bond acceptors (Lipinski definition) is 4. The topological polar surface area (TPSA) is 51.6 Å². The summed E-state index contributed by atoms with van der Waals surface area (Å²) < 4.78 is 0. The number of pyridine rings is 4. The zero-order valence-corrected chi connectivity index (χ0v) is 33.6. The normalized spacial score (nSPS) is 11.5. The van der Waals surface area contributed by atoms with Gasteiger partial charge in [-0.2, -0.15) is 0 Å². The van der Waals surface area contributed by atoms with Crippen molar-refractivity contribution >= 4 is 53.9 Å². The maximum absolute atomic E-state index is 5.39. The molecule has 0 amide bonds. The first-order chi connectivity index (χ1) is 30.8. The van der Waals surface area contributed by atoms with Gasteiger partial charge in [-0.15, -0.1) is 0 Å². The summed E-state index contributed by atoms with van der Waals surface area (Å²) in [5, 5.41) is 11.6. The van der Waals surface area contributed by atoms with Gasteiger partial charge in [0.15, 0.2) is 0 Å². The molecule has 0 saturated heterocycles. The van der Waals surface area contributed by atoms with Crippen LogP contribution in [0.25, 0.3) is 121 Å². The second-order valence-electron chi connectivity index (χ2n) is 15.7. The van der Waals surface area contributed by atoms with E-state index in [9.17, 15) is 0 Å². The first kappa shape index (κ1) is 35.6. The standard InChI is InChI=1S/C58H36N4/c1-2-18-38(19-3-1)55-46-36-48-47(35-45(46)40-22-6-7-23-42(40)58(55)41-26-14-20-37-17-4-5-21-39(37)41)56(53-31-15-29-51(61-53)49-27-10-12-33-59-49)43-24-8-9-25-44(43)57(48)54-32-16-30-52(62-54)50-28-11-13-34-60-50/h1-36H. The van der Waals surface area contributed by atoms with Crippen LogP contribution < -0.4 is 0 Å². The lowest BCUT2D eigenvalue weighted by Crippen LogP contribution is -1.97. The van der Waals surface area contributed by atoms with Crippen LogP contribution in [-0.4, -0.2) is 19.9 Å². The fraction of sp³-hybridized carbons (Fsp3) is 0. The summed E-state index contributed by atoms with van der Waals surface area (Å²) in [6, 6.07) is 73.3. The average molecular weight is 789 g/mol. The van der Waals surface area contributed by atoms with Gasteiger partial charge in [-0.05, 0) is 137 Å². The molecule has 4 nitrogen and oxygen atoms in total. The highest BCUT2D eigenvalue weighted by Gasteiger charge is 2.24. The molecule has 4 heteroatoms. The van der Waals surface area contributed by atoms with Gasteiger partial charge in [-0.25, -0.2) is 9.97 Å². The molecule has 4 heterocycles. The van der Waals surface area contributed by atoms with Gasteiger partial charge in [0.2, 0.25) is 0 Å². The molecule has 0 N–H and O–H groups in total. The van der Waals surface area contributed by atoms with Crippen molar-refractivity contribution < 1.29 is 0 Å². The minimum absolute atomic E-state index is 0.823. The lowest BCUT2D eigenvalue weighted by Gasteiger charge is -2.22. The molecular weight excluding hydrogens is 753 g/mol. The molecule has 8 aromatic carbocycles.